The third-order valence-corrected chi connectivity index (χ3v) is 11.9. The average Bonchev–Trinajstić information content (AvgIpc) is 3.54. The second-order valence-electron chi connectivity index (χ2n) is 11.1. The van der Waals surface area contributed by atoms with Crippen molar-refractivity contribution in [2.75, 3.05) is 41.9 Å². The molecule has 12 heteroatoms. The Morgan fingerprint density at radius 1 is 0.978 bits per heavy atom. The van der Waals surface area contributed by atoms with Crippen LogP contribution in [0, 0.1) is 6.92 Å². The molecule has 0 spiro atoms. The van der Waals surface area contributed by atoms with Gasteiger partial charge in [-0.05, 0) is 83.0 Å². The number of furan rings is 1. The molecule has 0 aliphatic carbocycles. The molecule has 0 atom stereocenters. The second-order valence-corrected chi connectivity index (χ2v) is 14.7. The zero-order chi connectivity index (χ0) is 32.4. The molecule has 6 rings (SSSR count). The van der Waals surface area contributed by atoms with E-state index in [1.54, 1.807) is 6.92 Å². The number of nitrogens with zero attached hydrogens (tertiary/aromatic N) is 3. The van der Waals surface area contributed by atoms with Gasteiger partial charge >= 0.3 is 5.97 Å². The van der Waals surface area contributed by atoms with Gasteiger partial charge in [0.05, 0.1) is 16.3 Å². The first kappa shape index (κ1) is 31.8. The van der Waals surface area contributed by atoms with E-state index in [2.05, 4.69) is 20.8 Å². The number of fused-ring (bicyclic) bond motifs is 1. The monoisotopic (exact) mass is 721 g/mol. The zero-order valence-electron chi connectivity index (χ0n) is 25.1. The van der Waals surface area contributed by atoms with E-state index >= 15 is 0 Å². The number of aromatic carboxylic acids is 1. The first-order valence-corrected chi connectivity index (χ1v) is 18.0. The van der Waals surface area contributed by atoms with Crippen molar-refractivity contribution in [2.24, 2.45) is 0 Å². The van der Waals surface area contributed by atoms with Gasteiger partial charge in [0.2, 0.25) is 5.76 Å². The number of carbonyl (C=O) groups is 2. The Morgan fingerprint density at radius 2 is 1.74 bits per heavy atom. The van der Waals surface area contributed by atoms with Crippen molar-refractivity contribution >= 4 is 71.5 Å². The van der Waals surface area contributed by atoms with Crippen molar-refractivity contribution in [2.45, 2.75) is 24.7 Å². The Kier molecular flexibility index (Phi) is 9.21. The number of thiophene rings is 1. The molecule has 0 unspecified atom stereocenters. The van der Waals surface area contributed by atoms with Gasteiger partial charge in [-0.25, -0.2) is 13.2 Å². The lowest BCUT2D eigenvalue weighted by Gasteiger charge is -2.31. The molecule has 1 aliphatic heterocycles. The standard InChI is InChI=1S/C34H32BrN3O6S2/c1-23-26-22-25(12-13-30(26)44-31(23)34(40)41)46(42,43)38(18-14-24-8-3-2-4-9-24)29-11-6-5-10-28(29)36-16-7-17-37(20-19-36)33(39)32-27(35)15-21-45-32/h2-6,8-13,15,21-22H,7,14,16-20H2,1H3,(H,40,41). The SMILES string of the molecule is Cc1c(C(=O)O)oc2ccc(S(=O)(=O)N(CCc3ccccc3)c3ccccc3N3CCCN(C(=O)c4sccc4Br)CC3)cc12. The molecule has 0 saturated carbocycles. The molecule has 9 nitrogen and oxygen atoms in total. The minimum absolute atomic E-state index is 0.0138. The van der Waals surface area contributed by atoms with Crippen LogP contribution in [-0.4, -0.2) is 63.0 Å². The molecule has 1 amide bonds. The molecule has 1 fully saturated rings. The van der Waals surface area contributed by atoms with Gasteiger partial charge in [-0.2, -0.15) is 0 Å². The summed E-state index contributed by atoms with van der Waals surface area (Å²) in [5, 5.41) is 11.9. The fourth-order valence-electron chi connectivity index (χ4n) is 5.83. The van der Waals surface area contributed by atoms with E-state index in [-0.39, 0.29) is 23.1 Å². The summed E-state index contributed by atoms with van der Waals surface area (Å²) in [6, 6.07) is 23.5. The van der Waals surface area contributed by atoms with Crippen molar-refractivity contribution in [3.63, 3.8) is 0 Å². The molecular weight excluding hydrogens is 690 g/mol. The third-order valence-electron chi connectivity index (χ3n) is 8.22. The number of aryl methyl sites for hydroxylation is 1. The number of para-hydroxylation sites is 2. The van der Waals surface area contributed by atoms with Crippen LogP contribution in [0.5, 0.6) is 0 Å². The number of hydrogen-bond donors (Lipinski definition) is 1. The minimum Gasteiger partial charge on any atom is -0.475 e. The summed E-state index contributed by atoms with van der Waals surface area (Å²) in [4.78, 5) is 29.7. The van der Waals surface area contributed by atoms with E-state index < -0.39 is 16.0 Å². The predicted octanol–water partition coefficient (Wildman–Crippen LogP) is 7.05. The lowest BCUT2D eigenvalue weighted by Crippen LogP contribution is -2.37. The molecule has 1 aliphatic rings. The number of anilines is 2. The highest BCUT2D eigenvalue weighted by atomic mass is 79.9. The van der Waals surface area contributed by atoms with Gasteiger partial charge in [0.15, 0.2) is 0 Å². The van der Waals surface area contributed by atoms with Gasteiger partial charge in [-0.15, -0.1) is 11.3 Å². The van der Waals surface area contributed by atoms with Gasteiger partial charge in [0, 0.05) is 48.1 Å². The average molecular weight is 723 g/mol. The third kappa shape index (κ3) is 6.29. The Labute approximate surface area is 279 Å². The first-order valence-electron chi connectivity index (χ1n) is 14.8. The Morgan fingerprint density at radius 3 is 2.48 bits per heavy atom. The van der Waals surface area contributed by atoms with E-state index in [0.29, 0.717) is 59.7 Å². The van der Waals surface area contributed by atoms with Crippen molar-refractivity contribution in [3.05, 3.63) is 110 Å². The van der Waals surface area contributed by atoms with Crippen LogP contribution in [0.25, 0.3) is 11.0 Å². The minimum atomic E-state index is -4.12. The number of amides is 1. The second kappa shape index (κ2) is 13.3. The molecule has 46 heavy (non-hydrogen) atoms. The number of sulfonamides is 1. The maximum atomic E-state index is 14.6. The quantitative estimate of drug-likeness (QED) is 0.174. The highest BCUT2D eigenvalue weighted by Gasteiger charge is 2.30. The van der Waals surface area contributed by atoms with Crippen molar-refractivity contribution in [1.82, 2.24) is 4.90 Å². The molecule has 5 aromatic rings. The lowest BCUT2D eigenvalue weighted by atomic mass is 10.1. The molecule has 238 valence electrons. The van der Waals surface area contributed by atoms with Crippen LogP contribution < -0.4 is 9.21 Å². The number of carbonyl (C=O) groups excluding carboxylic acids is 1. The van der Waals surface area contributed by atoms with Gasteiger partial charge in [-0.1, -0.05) is 42.5 Å². The van der Waals surface area contributed by atoms with E-state index in [1.807, 2.05) is 70.9 Å². The number of benzene rings is 3. The molecule has 3 heterocycles. The van der Waals surface area contributed by atoms with E-state index in [4.69, 9.17) is 4.42 Å². The predicted molar refractivity (Wildman–Crippen MR) is 184 cm³/mol. The normalized spacial score (nSPS) is 14.0. The van der Waals surface area contributed by atoms with Gasteiger partial charge in [-0.3, -0.25) is 9.10 Å². The molecule has 2 aromatic heterocycles. The number of halogens is 1. The highest BCUT2D eigenvalue weighted by molar-refractivity contribution is 9.10. The maximum Gasteiger partial charge on any atom is 0.372 e. The Hall–Kier alpha value is -4.13. The number of hydrogen-bond acceptors (Lipinski definition) is 7. The summed E-state index contributed by atoms with van der Waals surface area (Å²) >= 11 is 4.89. The summed E-state index contributed by atoms with van der Waals surface area (Å²) in [7, 11) is -4.12. The number of rotatable bonds is 9. The molecule has 1 N–H and O–H groups in total. The summed E-state index contributed by atoms with van der Waals surface area (Å²) in [6.45, 7) is 4.07. The van der Waals surface area contributed by atoms with Crippen LogP contribution in [0.2, 0.25) is 0 Å². The molecule has 0 bridgehead atoms. The van der Waals surface area contributed by atoms with Crippen molar-refractivity contribution < 1.29 is 27.5 Å². The molecular formula is C34H32BrN3O6S2. The van der Waals surface area contributed by atoms with Gasteiger partial charge in [0.25, 0.3) is 15.9 Å². The van der Waals surface area contributed by atoms with Crippen molar-refractivity contribution in [3.8, 4) is 0 Å². The fourth-order valence-corrected chi connectivity index (χ4v) is 8.85. The molecule has 0 radical (unpaired) electrons. The summed E-state index contributed by atoms with van der Waals surface area (Å²) in [5.74, 6) is -1.44. The Bertz CT molecular complexity index is 2010. The van der Waals surface area contributed by atoms with Crippen LogP contribution in [-0.2, 0) is 16.4 Å². The number of carboxylic acid groups (broad SMARTS) is 1. The van der Waals surface area contributed by atoms with Crippen LogP contribution in [0.1, 0.15) is 37.8 Å². The maximum absolute atomic E-state index is 14.6. The summed E-state index contributed by atoms with van der Waals surface area (Å²) in [6.07, 6.45) is 1.20. The highest BCUT2D eigenvalue weighted by Crippen LogP contribution is 2.36. The van der Waals surface area contributed by atoms with E-state index in [9.17, 15) is 23.1 Å². The smallest absolute Gasteiger partial charge is 0.372 e. The van der Waals surface area contributed by atoms with E-state index in [1.165, 1.54) is 33.8 Å². The van der Waals surface area contributed by atoms with Crippen molar-refractivity contribution in [1.29, 1.82) is 0 Å². The van der Waals surface area contributed by atoms with Gasteiger partial charge in [0.1, 0.15) is 10.5 Å². The first-order chi connectivity index (χ1) is 22.1. The fraction of sp³-hybridized carbons (Fsp3) is 0.235. The van der Waals surface area contributed by atoms with Crippen LogP contribution in [0.3, 0.4) is 0 Å². The molecule has 1 saturated heterocycles. The zero-order valence-corrected chi connectivity index (χ0v) is 28.3. The van der Waals surface area contributed by atoms with Gasteiger partial charge < -0.3 is 19.3 Å². The van der Waals surface area contributed by atoms with Crippen LogP contribution in [0.4, 0.5) is 11.4 Å². The number of carboxylic acids is 1. The summed E-state index contributed by atoms with van der Waals surface area (Å²) in [5.41, 5.74) is 2.97. The van der Waals surface area contributed by atoms with Crippen LogP contribution in [0.15, 0.2) is 98.0 Å². The largest absolute Gasteiger partial charge is 0.475 e. The van der Waals surface area contributed by atoms with E-state index in [0.717, 1.165) is 22.1 Å². The summed E-state index contributed by atoms with van der Waals surface area (Å²) < 4.78 is 36.9. The van der Waals surface area contributed by atoms with Crippen LogP contribution >= 0.6 is 27.3 Å². The molecule has 3 aromatic carbocycles. The topological polar surface area (TPSA) is 111 Å². The lowest BCUT2D eigenvalue weighted by molar-refractivity contribution is 0.0663. The Balaban J connectivity index is 1.36.